The topological polar surface area (TPSA) is 95.3 Å². The smallest absolute Gasteiger partial charge is 0.338 e. The minimum atomic E-state index is -1.38. The van der Waals surface area contributed by atoms with Gasteiger partial charge in [0.05, 0.1) is 5.02 Å². The number of hydrogen-bond donors (Lipinski definition) is 1. The fraction of sp³-hybridized carbons (Fsp3) is 0. The van der Waals surface area contributed by atoms with Crippen LogP contribution in [-0.4, -0.2) is 11.1 Å². The van der Waals surface area contributed by atoms with Crippen LogP contribution in [0, 0.1) is 0 Å². The van der Waals surface area contributed by atoms with Crippen LogP contribution >= 0.6 is 23.2 Å². The number of halogens is 2. The van der Waals surface area contributed by atoms with Crippen LogP contribution in [0.5, 0.6) is 11.5 Å². The SMILES string of the molecule is [N-]=[N+]=N/C(=C/c1ccc(Cl)c(Cl)c1Oc1ccccc1)C(=O)O. The fourth-order valence-corrected chi connectivity index (χ4v) is 2.06. The summed E-state index contributed by atoms with van der Waals surface area (Å²) in [5, 5.41) is 12.5. The van der Waals surface area contributed by atoms with Crippen molar-refractivity contribution in [3.8, 4) is 11.5 Å². The summed E-state index contributed by atoms with van der Waals surface area (Å²) in [7, 11) is 0. The summed E-state index contributed by atoms with van der Waals surface area (Å²) in [5.41, 5.74) is 8.26. The van der Waals surface area contributed by atoms with E-state index >= 15 is 0 Å². The number of carboxylic acids is 1. The van der Waals surface area contributed by atoms with E-state index in [9.17, 15) is 4.79 Å². The molecule has 0 bridgehead atoms. The first-order chi connectivity index (χ1) is 11.0. The van der Waals surface area contributed by atoms with Crippen LogP contribution in [-0.2, 0) is 4.79 Å². The van der Waals surface area contributed by atoms with Crippen molar-refractivity contribution in [1.82, 2.24) is 0 Å². The number of hydrogen-bond acceptors (Lipinski definition) is 3. The van der Waals surface area contributed by atoms with E-state index in [1.807, 2.05) is 6.07 Å². The van der Waals surface area contributed by atoms with Gasteiger partial charge in [0, 0.05) is 10.5 Å². The van der Waals surface area contributed by atoms with Crippen molar-refractivity contribution in [2.75, 3.05) is 0 Å². The molecule has 2 aromatic carbocycles. The maximum Gasteiger partial charge on any atom is 0.338 e. The zero-order valence-corrected chi connectivity index (χ0v) is 13.0. The van der Waals surface area contributed by atoms with Gasteiger partial charge < -0.3 is 9.84 Å². The Hall–Kier alpha value is -2.66. The van der Waals surface area contributed by atoms with Gasteiger partial charge in [-0.25, -0.2) is 4.79 Å². The highest BCUT2D eigenvalue weighted by Gasteiger charge is 2.14. The third-order valence-electron chi connectivity index (χ3n) is 2.71. The normalized spacial score (nSPS) is 10.8. The Morgan fingerprint density at radius 2 is 1.91 bits per heavy atom. The van der Waals surface area contributed by atoms with E-state index in [2.05, 4.69) is 10.0 Å². The van der Waals surface area contributed by atoms with Crippen molar-refractivity contribution in [3.05, 3.63) is 74.2 Å². The average Bonchev–Trinajstić information content (AvgIpc) is 2.54. The number of para-hydroxylation sites is 1. The molecule has 0 amide bonds. The number of rotatable bonds is 5. The minimum Gasteiger partial charge on any atom is -0.478 e. The quantitative estimate of drug-likeness (QED) is 0.333. The van der Waals surface area contributed by atoms with Crippen LogP contribution < -0.4 is 4.74 Å². The first-order valence-corrected chi connectivity index (χ1v) is 6.99. The molecule has 0 unspecified atom stereocenters. The molecule has 6 nitrogen and oxygen atoms in total. The molecule has 23 heavy (non-hydrogen) atoms. The van der Waals surface area contributed by atoms with E-state index in [0.717, 1.165) is 6.08 Å². The lowest BCUT2D eigenvalue weighted by Gasteiger charge is -2.12. The van der Waals surface area contributed by atoms with Crippen LogP contribution in [0.4, 0.5) is 0 Å². The van der Waals surface area contributed by atoms with Crippen molar-refractivity contribution in [2.24, 2.45) is 5.11 Å². The molecule has 0 aliphatic heterocycles. The number of aliphatic carboxylic acids is 1. The van der Waals surface area contributed by atoms with Gasteiger partial charge in [-0.15, -0.1) is 0 Å². The second-order valence-corrected chi connectivity index (χ2v) is 5.00. The highest BCUT2D eigenvalue weighted by Crippen LogP contribution is 2.39. The predicted molar refractivity (Wildman–Crippen MR) is 87.7 cm³/mol. The molecule has 0 aliphatic rings. The third kappa shape index (κ3) is 4.17. The maximum atomic E-state index is 11.1. The Bertz CT molecular complexity index is 812. The van der Waals surface area contributed by atoms with E-state index < -0.39 is 11.7 Å². The van der Waals surface area contributed by atoms with Gasteiger partial charge >= 0.3 is 5.97 Å². The third-order valence-corrected chi connectivity index (χ3v) is 3.49. The van der Waals surface area contributed by atoms with Crippen LogP contribution in [0.3, 0.4) is 0 Å². The summed E-state index contributed by atoms with van der Waals surface area (Å²) in [5.74, 6) is -0.719. The fourth-order valence-electron chi connectivity index (χ4n) is 1.70. The van der Waals surface area contributed by atoms with Crippen LogP contribution in [0.2, 0.25) is 10.0 Å². The summed E-state index contributed by atoms with van der Waals surface area (Å²) in [4.78, 5) is 13.6. The van der Waals surface area contributed by atoms with Gasteiger partial charge in [-0.2, -0.15) is 0 Å². The molecule has 0 heterocycles. The van der Waals surface area contributed by atoms with Crippen molar-refractivity contribution >= 4 is 35.2 Å². The molecular weight excluding hydrogens is 341 g/mol. The summed E-state index contributed by atoms with van der Waals surface area (Å²) in [6, 6.07) is 11.8. The largest absolute Gasteiger partial charge is 0.478 e. The molecule has 8 heteroatoms. The van der Waals surface area contributed by atoms with Crippen molar-refractivity contribution in [3.63, 3.8) is 0 Å². The van der Waals surface area contributed by atoms with Gasteiger partial charge in [0.25, 0.3) is 0 Å². The second-order valence-electron chi connectivity index (χ2n) is 4.22. The lowest BCUT2D eigenvalue weighted by molar-refractivity contribution is -0.132. The van der Waals surface area contributed by atoms with Gasteiger partial charge in [0.15, 0.2) is 5.75 Å². The van der Waals surface area contributed by atoms with Gasteiger partial charge in [-0.05, 0) is 35.9 Å². The lowest BCUT2D eigenvalue weighted by Crippen LogP contribution is -1.97. The van der Waals surface area contributed by atoms with Gasteiger partial charge in [0.2, 0.25) is 0 Å². The maximum absolute atomic E-state index is 11.1. The summed E-state index contributed by atoms with van der Waals surface area (Å²) in [6.07, 6.45) is 1.16. The Morgan fingerprint density at radius 3 is 2.52 bits per heavy atom. The van der Waals surface area contributed by atoms with Crippen LogP contribution in [0.25, 0.3) is 16.5 Å². The van der Waals surface area contributed by atoms with Gasteiger partial charge in [-0.1, -0.05) is 46.5 Å². The van der Waals surface area contributed by atoms with E-state index in [1.165, 1.54) is 12.1 Å². The van der Waals surface area contributed by atoms with Gasteiger partial charge in [0.1, 0.15) is 16.5 Å². The Labute approximate surface area is 141 Å². The predicted octanol–water partition coefficient (Wildman–Crippen LogP) is 5.52. The molecule has 0 fully saturated rings. The molecule has 0 spiro atoms. The molecule has 0 atom stereocenters. The Morgan fingerprint density at radius 1 is 1.22 bits per heavy atom. The molecule has 0 aromatic heterocycles. The number of azide groups is 1. The molecule has 0 saturated heterocycles. The van der Waals surface area contributed by atoms with E-state index in [-0.39, 0.29) is 15.8 Å². The molecule has 2 rings (SSSR count). The monoisotopic (exact) mass is 349 g/mol. The molecule has 116 valence electrons. The van der Waals surface area contributed by atoms with E-state index in [4.69, 9.17) is 38.6 Å². The molecule has 0 radical (unpaired) electrons. The molecule has 1 N–H and O–H groups in total. The van der Waals surface area contributed by atoms with Crippen LogP contribution in [0.1, 0.15) is 5.56 Å². The zero-order valence-electron chi connectivity index (χ0n) is 11.5. The van der Waals surface area contributed by atoms with Crippen molar-refractivity contribution < 1.29 is 14.6 Å². The molecule has 2 aromatic rings. The zero-order chi connectivity index (χ0) is 16.8. The number of carbonyl (C=O) groups is 1. The summed E-state index contributed by atoms with van der Waals surface area (Å²) in [6.45, 7) is 0. The molecule has 0 aliphatic carbocycles. The van der Waals surface area contributed by atoms with Crippen LogP contribution in [0.15, 0.2) is 53.3 Å². The van der Waals surface area contributed by atoms with Gasteiger partial charge in [-0.3, -0.25) is 0 Å². The number of benzene rings is 2. The average molecular weight is 350 g/mol. The minimum absolute atomic E-state index is 0.120. The number of ether oxygens (including phenoxy) is 1. The summed E-state index contributed by atoms with van der Waals surface area (Å²) >= 11 is 12.1. The Balaban J connectivity index is 2.56. The van der Waals surface area contributed by atoms with E-state index in [1.54, 1.807) is 24.3 Å². The summed E-state index contributed by atoms with van der Waals surface area (Å²) < 4.78 is 5.69. The number of carboxylic acid groups (broad SMARTS) is 1. The molecular formula is C15H9Cl2N3O3. The van der Waals surface area contributed by atoms with Crippen molar-refractivity contribution in [2.45, 2.75) is 0 Å². The highest BCUT2D eigenvalue weighted by atomic mass is 35.5. The highest BCUT2D eigenvalue weighted by molar-refractivity contribution is 6.43. The first kappa shape index (κ1) is 16.7. The second kappa shape index (κ2) is 7.56. The Kier molecular flexibility index (Phi) is 5.49. The first-order valence-electron chi connectivity index (χ1n) is 6.24. The lowest BCUT2D eigenvalue weighted by atomic mass is 10.1. The molecule has 0 saturated carbocycles. The standard InChI is InChI=1S/C15H9Cl2N3O3/c16-11-7-6-9(8-12(15(21)22)19-20-18)14(13(11)17)23-10-4-2-1-3-5-10/h1-8H,(H,21,22)/b12-8+. The number of nitrogens with zero attached hydrogens (tertiary/aromatic N) is 3. The van der Waals surface area contributed by atoms with E-state index in [0.29, 0.717) is 11.3 Å². The van der Waals surface area contributed by atoms with Crippen molar-refractivity contribution in [1.29, 1.82) is 0 Å².